The fraction of sp³-hybridized carbons (Fsp3) is 0.636. The zero-order valence-electron chi connectivity index (χ0n) is 17.0. The fourth-order valence-electron chi connectivity index (χ4n) is 4.91. The van der Waals surface area contributed by atoms with Crippen LogP contribution in [0.2, 0.25) is 0 Å². The average molecular weight is 404 g/mol. The van der Waals surface area contributed by atoms with Crippen molar-refractivity contribution in [2.45, 2.75) is 44.6 Å². The highest BCUT2D eigenvalue weighted by Gasteiger charge is 2.42. The minimum absolute atomic E-state index is 0.0648. The quantitative estimate of drug-likeness (QED) is 0.774. The van der Waals surface area contributed by atoms with Crippen LogP contribution in [0.15, 0.2) is 18.2 Å². The van der Waals surface area contributed by atoms with Crippen LogP contribution in [-0.4, -0.2) is 67.6 Å². The van der Waals surface area contributed by atoms with Crippen LogP contribution in [0.1, 0.15) is 48.9 Å². The Morgan fingerprint density at radius 1 is 1.31 bits per heavy atom. The molecule has 0 aliphatic carbocycles. The van der Waals surface area contributed by atoms with Crippen LogP contribution in [0.4, 0.5) is 4.39 Å². The molecule has 0 aromatic heterocycles. The normalized spacial score (nSPS) is 24.2. The first-order valence-corrected chi connectivity index (χ1v) is 10.5. The van der Waals surface area contributed by atoms with Crippen LogP contribution in [0, 0.1) is 11.2 Å². The molecule has 1 aromatic carbocycles. The molecule has 6 nitrogen and oxygen atoms in total. The molecule has 1 unspecified atom stereocenters. The molecule has 29 heavy (non-hydrogen) atoms. The van der Waals surface area contributed by atoms with Crippen LogP contribution in [-0.2, 0) is 9.53 Å². The lowest BCUT2D eigenvalue weighted by Gasteiger charge is -2.47. The number of nitrogens with zero attached hydrogens (tertiary/aromatic N) is 2. The third-order valence-electron chi connectivity index (χ3n) is 6.70. The molecule has 1 atom stereocenters. The van der Waals surface area contributed by atoms with Crippen molar-refractivity contribution in [2.24, 2.45) is 5.41 Å². The number of hydrogen-bond acceptors (Lipinski definition) is 4. The molecular weight excluding hydrogens is 375 g/mol. The smallest absolute Gasteiger partial charge is 0.257 e. The summed E-state index contributed by atoms with van der Waals surface area (Å²) < 4.78 is 24.6. The Labute approximate surface area is 170 Å². The second-order valence-corrected chi connectivity index (χ2v) is 8.55. The monoisotopic (exact) mass is 404 g/mol. The number of rotatable bonds is 4. The van der Waals surface area contributed by atoms with Gasteiger partial charge in [-0.15, -0.1) is 0 Å². The minimum atomic E-state index is -0.446. The van der Waals surface area contributed by atoms with E-state index in [1.54, 1.807) is 4.90 Å². The average Bonchev–Trinajstić information content (AvgIpc) is 3.24. The van der Waals surface area contributed by atoms with E-state index in [0.29, 0.717) is 31.8 Å². The molecule has 158 valence electrons. The van der Waals surface area contributed by atoms with Gasteiger partial charge in [0.1, 0.15) is 11.6 Å². The van der Waals surface area contributed by atoms with E-state index < -0.39 is 5.82 Å². The van der Waals surface area contributed by atoms with Crippen molar-refractivity contribution < 1.29 is 23.5 Å². The standard InChI is InChI=1S/C22H29FN2O4/c1-28-19-5-4-16(23)13-18(19)21(27)24-10-8-22(9-11-24)7-6-20(26)25(15-22)14-17-3-2-12-29-17/h4-5,13,17H,2-3,6-12,14-15H2,1H3. The predicted octanol–water partition coefficient (Wildman–Crippen LogP) is 2.86. The first kappa shape index (κ1) is 20.1. The first-order valence-electron chi connectivity index (χ1n) is 10.5. The molecule has 3 aliphatic rings. The van der Waals surface area contributed by atoms with E-state index in [0.717, 1.165) is 45.3 Å². The predicted molar refractivity (Wildman–Crippen MR) is 105 cm³/mol. The topological polar surface area (TPSA) is 59.1 Å². The van der Waals surface area contributed by atoms with Crippen LogP contribution < -0.4 is 4.74 Å². The van der Waals surface area contributed by atoms with E-state index in [-0.39, 0.29) is 28.9 Å². The SMILES string of the molecule is COc1ccc(F)cc1C(=O)N1CCC2(CCC(=O)N(CC3CCCO3)C2)CC1. The minimum Gasteiger partial charge on any atom is -0.496 e. The number of benzene rings is 1. The number of halogens is 1. The van der Waals surface area contributed by atoms with Crippen molar-refractivity contribution in [3.05, 3.63) is 29.6 Å². The van der Waals surface area contributed by atoms with E-state index in [1.807, 2.05) is 4.90 Å². The Hall–Kier alpha value is -2.15. The number of carbonyl (C=O) groups excluding carboxylic acids is 2. The maximum Gasteiger partial charge on any atom is 0.257 e. The third-order valence-corrected chi connectivity index (χ3v) is 6.70. The van der Waals surface area contributed by atoms with E-state index in [1.165, 1.54) is 25.3 Å². The molecule has 2 amide bonds. The van der Waals surface area contributed by atoms with Gasteiger partial charge in [0, 0.05) is 39.2 Å². The Kier molecular flexibility index (Phi) is 5.76. The summed E-state index contributed by atoms with van der Waals surface area (Å²) in [6.07, 6.45) is 5.40. The second-order valence-electron chi connectivity index (χ2n) is 8.55. The van der Waals surface area contributed by atoms with Gasteiger partial charge >= 0.3 is 0 Å². The molecule has 1 spiro atoms. The molecule has 0 N–H and O–H groups in total. The fourth-order valence-corrected chi connectivity index (χ4v) is 4.91. The van der Waals surface area contributed by atoms with Crippen LogP contribution >= 0.6 is 0 Å². The summed E-state index contributed by atoms with van der Waals surface area (Å²) in [5.74, 6) is -0.0330. The van der Waals surface area contributed by atoms with Crippen molar-refractivity contribution in [1.29, 1.82) is 0 Å². The van der Waals surface area contributed by atoms with Gasteiger partial charge in [-0.05, 0) is 55.7 Å². The number of amides is 2. The molecule has 3 aliphatic heterocycles. The summed E-state index contributed by atoms with van der Waals surface area (Å²) in [6, 6.07) is 4.03. The Bertz CT molecular complexity index is 770. The number of piperidine rings is 2. The largest absolute Gasteiger partial charge is 0.496 e. The van der Waals surface area contributed by atoms with E-state index >= 15 is 0 Å². The highest BCUT2D eigenvalue weighted by molar-refractivity contribution is 5.97. The molecule has 0 saturated carbocycles. The summed E-state index contributed by atoms with van der Waals surface area (Å²) in [4.78, 5) is 29.1. The van der Waals surface area contributed by atoms with Crippen molar-refractivity contribution in [3.63, 3.8) is 0 Å². The van der Waals surface area contributed by atoms with Gasteiger partial charge in [0.05, 0.1) is 18.8 Å². The lowest BCUT2D eigenvalue weighted by Crippen LogP contribution is -2.53. The number of carbonyl (C=O) groups is 2. The molecular formula is C22H29FN2O4. The van der Waals surface area contributed by atoms with Crippen LogP contribution in [0.25, 0.3) is 0 Å². The van der Waals surface area contributed by atoms with Crippen molar-refractivity contribution in [3.8, 4) is 5.75 Å². The maximum atomic E-state index is 13.7. The van der Waals surface area contributed by atoms with Gasteiger partial charge in [-0.2, -0.15) is 0 Å². The molecule has 4 rings (SSSR count). The molecule has 3 saturated heterocycles. The zero-order valence-corrected chi connectivity index (χ0v) is 17.0. The summed E-state index contributed by atoms with van der Waals surface area (Å²) >= 11 is 0. The van der Waals surface area contributed by atoms with Gasteiger partial charge in [-0.3, -0.25) is 9.59 Å². The second kappa shape index (κ2) is 8.30. The Morgan fingerprint density at radius 3 is 2.79 bits per heavy atom. The van der Waals surface area contributed by atoms with E-state index in [9.17, 15) is 14.0 Å². The highest BCUT2D eigenvalue weighted by Crippen LogP contribution is 2.41. The zero-order chi connectivity index (χ0) is 20.4. The summed E-state index contributed by atoms with van der Waals surface area (Å²) in [6.45, 7) is 3.44. The number of hydrogen-bond donors (Lipinski definition) is 0. The third kappa shape index (κ3) is 4.25. The Morgan fingerprint density at radius 2 is 2.10 bits per heavy atom. The summed E-state index contributed by atoms with van der Waals surface area (Å²) in [7, 11) is 1.48. The summed E-state index contributed by atoms with van der Waals surface area (Å²) in [5, 5.41) is 0. The number of ether oxygens (including phenoxy) is 2. The van der Waals surface area contributed by atoms with Gasteiger partial charge in [0.2, 0.25) is 5.91 Å². The molecule has 3 fully saturated rings. The van der Waals surface area contributed by atoms with Crippen molar-refractivity contribution in [1.82, 2.24) is 9.80 Å². The van der Waals surface area contributed by atoms with Crippen LogP contribution in [0.3, 0.4) is 0 Å². The number of methoxy groups -OCH3 is 1. The van der Waals surface area contributed by atoms with Gasteiger partial charge in [0.15, 0.2) is 0 Å². The lowest BCUT2D eigenvalue weighted by molar-refractivity contribution is -0.141. The van der Waals surface area contributed by atoms with Gasteiger partial charge in [-0.25, -0.2) is 4.39 Å². The number of likely N-dealkylation sites (tertiary alicyclic amines) is 2. The molecule has 0 radical (unpaired) electrons. The Balaban J connectivity index is 1.40. The first-order chi connectivity index (χ1) is 14.0. The van der Waals surface area contributed by atoms with Gasteiger partial charge in [-0.1, -0.05) is 0 Å². The summed E-state index contributed by atoms with van der Waals surface area (Å²) in [5.41, 5.74) is 0.331. The van der Waals surface area contributed by atoms with E-state index in [4.69, 9.17) is 9.47 Å². The highest BCUT2D eigenvalue weighted by atomic mass is 19.1. The molecule has 3 heterocycles. The molecule has 1 aromatic rings. The maximum absolute atomic E-state index is 13.7. The van der Waals surface area contributed by atoms with E-state index in [2.05, 4.69) is 0 Å². The molecule has 7 heteroatoms. The van der Waals surface area contributed by atoms with Crippen molar-refractivity contribution in [2.75, 3.05) is 39.9 Å². The van der Waals surface area contributed by atoms with Crippen molar-refractivity contribution >= 4 is 11.8 Å². The lowest BCUT2D eigenvalue weighted by atomic mass is 9.72. The van der Waals surface area contributed by atoms with Crippen LogP contribution in [0.5, 0.6) is 5.75 Å². The van der Waals surface area contributed by atoms with Gasteiger partial charge < -0.3 is 19.3 Å². The van der Waals surface area contributed by atoms with Gasteiger partial charge in [0.25, 0.3) is 5.91 Å². The molecule has 0 bridgehead atoms.